The number of benzene rings is 1. The average molecular weight is 739 g/mol. The number of nitrogens with one attached hydrogen (secondary N) is 4. The van der Waals surface area contributed by atoms with Crippen molar-refractivity contribution in [3.8, 4) is 11.1 Å². The van der Waals surface area contributed by atoms with Gasteiger partial charge in [-0.05, 0) is 76.4 Å². The molecular formula is C35H41BrFN7O5. The maximum Gasteiger partial charge on any atom is 0.322 e. The number of Topliss-reactive ketones (excluding diaryl/α,β-unsaturated/α-hetero) is 1. The van der Waals surface area contributed by atoms with Gasteiger partial charge in [-0.2, -0.15) is 0 Å². The summed E-state index contributed by atoms with van der Waals surface area (Å²) in [6.07, 6.45) is 9.03. The number of ketones is 1. The number of alkyl halides is 1. The molecule has 1 aromatic carbocycles. The number of carbonyl (C=O) groups excluding carboxylic acids is 2. The van der Waals surface area contributed by atoms with E-state index in [1.165, 1.54) is 19.1 Å². The van der Waals surface area contributed by atoms with E-state index in [0.717, 1.165) is 37.8 Å². The van der Waals surface area contributed by atoms with Crippen molar-refractivity contribution in [1.29, 1.82) is 5.41 Å². The van der Waals surface area contributed by atoms with E-state index in [0.29, 0.717) is 39.4 Å². The Morgan fingerprint density at radius 2 is 1.94 bits per heavy atom. The number of aromatic nitrogens is 3. The van der Waals surface area contributed by atoms with Gasteiger partial charge in [0.2, 0.25) is 5.91 Å². The van der Waals surface area contributed by atoms with Gasteiger partial charge < -0.3 is 25.8 Å². The number of nitrogens with zero attached hydrogens (tertiary/aromatic N) is 3. The number of methoxy groups -OCH3 is 1. The zero-order chi connectivity index (χ0) is 35.7. The molecule has 1 amide bonds. The van der Waals surface area contributed by atoms with Crippen LogP contribution in [-0.4, -0.2) is 69.7 Å². The second kappa shape index (κ2) is 16.8. The first kappa shape index (κ1) is 37.4. The van der Waals surface area contributed by atoms with Crippen LogP contribution in [0, 0.1) is 10.8 Å². The topological polar surface area (TPSA) is 179 Å². The summed E-state index contributed by atoms with van der Waals surface area (Å²) in [4.78, 5) is 50.1. The summed E-state index contributed by atoms with van der Waals surface area (Å²) >= 11 is 3.54. The molecule has 2 atom stereocenters. The number of anilines is 2. The molecule has 0 radical (unpaired) electrons. The Hall–Kier alpha value is -4.40. The molecule has 0 spiro atoms. The minimum atomic E-state index is -1.17. The molecule has 1 fully saturated rings. The van der Waals surface area contributed by atoms with Crippen LogP contribution in [-0.2, 0) is 38.8 Å². The van der Waals surface area contributed by atoms with Crippen molar-refractivity contribution in [3.05, 3.63) is 75.9 Å². The number of carbonyl (C=O) groups is 3. The Bertz CT molecular complexity index is 1740. The molecule has 0 bridgehead atoms. The van der Waals surface area contributed by atoms with Gasteiger partial charge in [0, 0.05) is 61.6 Å². The molecule has 0 unspecified atom stereocenters. The van der Waals surface area contributed by atoms with Gasteiger partial charge in [-0.3, -0.25) is 19.8 Å². The third-order valence-electron chi connectivity index (χ3n) is 8.44. The van der Waals surface area contributed by atoms with Crippen molar-refractivity contribution in [3.63, 3.8) is 0 Å². The molecule has 12 nitrogen and oxygen atoms in total. The number of ether oxygens (including phenoxy) is 1. The minimum Gasteiger partial charge on any atom is -0.480 e. The van der Waals surface area contributed by atoms with Gasteiger partial charge in [-0.15, -0.1) is 6.58 Å². The number of halogens is 2. The van der Waals surface area contributed by atoms with Gasteiger partial charge >= 0.3 is 5.97 Å². The van der Waals surface area contributed by atoms with Gasteiger partial charge in [-0.1, -0.05) is 13.0 Å². The van der Waals surface area contributed by atoms with Crippen LogP contribution in [0.1, 0.15) is 67.6 Å². The Labute approximate surface area is 293 Å². The Morgan fingerprint density at radius 1 is 1.20 bits per heavy atom. The number of allylic oxidation sites excluding steroid dienone is 1. The smallest absolute Gasteiger partial charge is 0.322 e. The predicted molar refractivity (Wildman–Crippen MR) is 189 cm³/mol. The first-order valence-electron chi connectivity index (χ1n) is 15.8. The van der Waals surface area contributed by atoms with Crippen LogP contribution in [0.25, 0.3) is 11.1 Å². The van der Waals surface area contributed by atoms with Gasteiger partial charge in [-0.25, -0.2) is 19.3 Å². The maximum absolute atomic E-state index is 14.1. The average Bonchev–Trinajstić information content (AvgIpc) is 3.47. The minimum absolute atomic E-state index is 0.0335. The second-order valence-electron chi connectivity index (χ2n) is 12.4. The third-order valence-corrected chi connectivity index (χ3v) is 9.12. The largest absolute Gasteiger partial charge is 0.480 e. The zero-order valence-corrected chi connectivity index (χ0v) is 29.4. The van der Waals surface area contributed by atoms with Crippen LogP contribution in [0.4, 0.5) is 15.9 Å². The molecule has 3 heterocycles. The SMILES string of the molecule is C=CCCC[C@]1(C)CN[C@H](C(=O)Nc2nc(Br)c(Cc3ncc(-c4cc(CF)c(NCC(=O)O)c(C(=N)C(C)=O)c4)cn3)cc2COC)C1. The number of aliphatic carboxylic acids is 1. The fourth-order valence-corrected chi connectivity index (χ4v) is 6.27. The summed E-state index contributed by atoms with van der Waals surface area (Å²) in [7, 11) is 1.56. The van der Waals surface area contributed by atoms with Crippen molar-refractivity contribution in [2.75, 3.05) is 30.8 Å². The Morgan fingerprint density at radius 3 is 2.57 bits per heavy atom. The zero-order valence-electron chi connectivity index (χ0n) is 27.8. The summed E-state index contributed by atoms with van der Waals surface area (Å²) in [5, 5.41) is 26.3. The van der Waals surface area contributed by atoms with Crippen molar-refractivity contribution >= 4 is 50.8 Å². The van der Waals surface area contributed by atoms with Gasteiger partial charge in [0.05, 0.1) is 18.3 Å². The van der Waals surface area contributed by atoms with E-state index in [1.54, 1.807) is 19.5 Å². The highest BCUT2D eigenvalue weighted by atomic mass is 79.9. The van der Waals surface area contributed by atoms with Crippen molar-refractivity contribution < 1.29 is 28.6 Å². The molecule has 0 saturated carbocycles. The highest BCUT2D eigenvalue weighted by Crippen LogP contribution is 2.35. The molecule has 49 heavy (non-hydrogen) atoms. The number of carboxylic acid groups (broad SMARTS) is 1. The quantitative estimate of drug-likeness (QED) is 0.0505. The van der Waals surface area contributed by atoms with Gasteiger partial charge in [0.25, 0.3) is 0 Å². The highest BCUT2D eigenvalue weighted by Gasteiger charge is 2.38. The third kappa shape index (κ3) is 9.61. The van der Waals surface area contributed by atoms with E-state index in [2.05, 4.69) is 60.3 Å². The number of hydrogen-bond acceptors (Lipinski definition) is 10. The van der Waals surface area contributed by atoms with Crippen LogP contribution in [0.2, 0.25) is 0 Å². The molecule has 1 saturated heterocycles. The van der Waals surface area contributed by atoms with E-state index in [1.807, 2.05) is 12.1 Å². The summed E-state index contributed by atoms with van der Waals surface area (Å²) in [5.41, 5.74) is 2.32. The number of hydrogen-bond donors (Lipinski definition) is 5. The molecule has 4 rings (SSSR count). The van der Waals surface area contributed by atoms with Crippen LogP contribution in [0.3, 0.4) is 0 Å². The molecule has 14 heteroatoms. The van der Waals surface area contributed by atoms with Crippen molar-refractivity contribution in [2.45, 2.75) is 65.3 Å². The normalized spacial score (nSPS) is 17.0. The standard InChI is InChI=1S/C35H41BrFN7O5/c1-5-6-7-8-35(3)13-27(42-19-35)34(48)44-33-24(18-49-4)10-22(32(36)43-33)12-28-39-15-25(16-40-28)21-9-23(14-37)31(41-17-29(46)47)26(11-21)30(38)20(2)45/h5,9-11,15-16,27,38,41-42H,1,6-8,12-14,17-19H2,2-4H3,(H,46,47)(H,43,44,48)/t27-,35-/m0/s1. The number of rotatable bonds is 17. The molecule has 0 aliphatic carbocycles. The lowest BCUT2D eigenvalue weighted by molar-refractivity contribution is -0.135. The monoisotopic (exact) mass is 737 g/mol. The fourth-order valence-electron chi connectivity index (χ4n) is 5.84. The summed E-state index contributed by atoms with van der Waals surface area (Å²) in [6.45, 7) is 6.71. The van der Waals surface area contributed by atoms with Crippen molar-refractivity contribution in [1.82, 2.24) is 20.3 Å². The van der Waals surface area contributed by atoms with Gasteiger partial charge in [0.15, 0.2) is 5.78 Å². The number of pyridine rings is 1. The lowest BCUT2D eigenvalue weighted by Gasteiger charge is -2.22. The second-order valence-corrected chi connectivity index (χ2v) is 13.2. The summed E-state index contributed by atoms with van der Waals surface area (Å²) < 4.78 is 20.0. The van der Waals surface area contributed by atoms with Crippen LogP contribution >= 0.6 is 15.9 Å². The van der Waals surface area contributed by atoms with Crippen LogP contribution in [0.15, 0.2) is 47.9 Å². The lowest BCUT2D eigenvalue weighted by atomic mass is 9.82. The number of unbranched alkanes of at least 4 members (excludes halogenated alkanes) is 1. The fraction of sp³-hybridized carbons (Fsp3) is 0.400. The molecule has 260 valence electrons. The maximum atomic E-state index is 14.1. The molecule has 5 N–H and O–H groups in total. The number of carboxylic acids is 1. The van der Waals surface area contributed by atoms with E-state index in [-0.39, 0.29) is 46.5 Å². The lowest BCUT2D eigenvalue weighted by Crippen LogP contribution is -2.36. The first-order chi connectivity index (χ1) is 23.4. The van der Waals surface area contributed by atoms with Crippen LogP contribution in [0.5, 0.6) is 0 Å². The van der Waals surface area contributed by atoms with E-state index in [9.17, 15) is 18.8 Å². The molecule has 2 aromatic heterocycles. The molecule has 1 aliphatic rings. The molecule has 1 aliphatic heterocycles. The number of amides is 1. The summed E-state index contributed by atoms with van der Waals surface area (Å²) in [6, 6.07) is 4.57. The van der Waals surface area contributed by atoms with E-state index in [4.69, 9.17) is 15.3 Å². The Balaban J connectivity index is 1.53. The van der Waals surface area contributed by atoms with Crippen LogP contribution < -0.4 is 16.0 Å². The van der Waals surface area contributed by atoms with E-state index >= 15 is 0 Å². The van der Waals surface area contributed by atoms with E-state index < -0.39 is 25.0 Å². The molecule has 3 aromatic rings. The first-order valence-corrected chi connectivity index (χ1v) is 16.6. The predicted octanol–water partition coefficient (Wildman–Crippen LogP) is 5.62. The summed E-state index contributed by atoms with van der Waals surface area (Å²) in [5.74, 6) is -1.03. The Kier molecular flexibility index (Phi) is 12.8. The molecular weight excluding hydrogens is 697 g/mol. The van der Waals surface area contributed by atoms with Crippen molar-refractivity contribution in [2.24, 2.45) is 5.41 Å². The van der Waals surface area contributed by atoms with Gasteiger partial charge in [0.1, 0.15) is 35.2 Å². The highest BCUT2D eigenvalue weighted by molar-refractivity contribution is 9.10.